The van der Waals surface area contributed by atoms with Crippen molar-refractivity contribution in [2.24, 2.45) is 0 Å². The van der Waals surface area contributed by atoms with E-state index in [9.17, 15) is 19.2 Å². The van der Waals surface area contributed by atoms with Gasteiger partial charge in [-0.1, -0.05) is 72.8 Å². The molecule has 0 radical (unpaired) electrons. The number of hydrogen-bond acceptors (Lipinski definition) is 6. The lowest BCUT2D eigenvalue weighted by Crippen LogP contribution is -2.60. The number of benzene rings is 2. The first-order chi connectivity index (χ1) is 17.6. The summed E-state index contributed by atoms with van der Waals surface area (Å²) in [5.74, 6) is -3.13. The van der Waals surface area contributed by atoms with Crippen LogP contribution in [-0.4, -0.2) is 43.4 Å². The van der Waals surface area contributed by atoms with E-state index in [-0.39, 0.29) is 11.4 Å². The molecule has 2 aromatic heterocycles. The van der Waals surface area contributed by atoms with Gasteiger partial charge >= 0.3 is 0 Å². The number of piperazine rings is 1. The third kappa shape index (κ3) is 4.05. The predicted octanol–water partition coefficient (Wildman–Crippen LogP) is 3.61. The molecule has 5 rings (SSSR count). The summed E-state index contributed by atoms with van der Waals surface area (Å²) in [7, 11) is 0. The SMILES string of the molecule is O=C(c1ccccn1)N1C(=O)C(c2ccccc2)N(C(=O)c2ccccn2)C(c2ccccc2)C1=O. The van der Waals surface area contributed by atoms with Crippen LogP contribution < -0.4 is 0 Å². The predicted molar refractivity (Wildman–Crippen MR) is 129 cm³/mol. The van der Waals surface area contributed by atoms with Crippen LogP contribution in [0.5, 0.6) is 0 Å². The molecule has 8 nitrogen and oxygen atoms in total. The van der Waals surface area contributed by atoms with Gasteiger partial charge in [0.15, 0.2) is 0 Å². The third-order valence-electron chi connectivity index (χ3n) is 5.90. The van der Waals surface area contributed by atoms with E-state index in [1.165, 1.54) is 29.4 Å². The highest BCUT2D eigenvalue weighted by atomic mass is 16.2. The highest BCUT2D eigenvalue weighted by Gasteiger charge is 2.52. The summed E-state index contributed by atoms with van der Waals surface area (Å²) in [6, 6.07) is 24.2. The number of carbonyl (C=O) groups excluding carboxylic acids is 4. The average Bonchev–Trinajstić information content (AvgIpc) is 2.94. The Balaban J connectivity index is 1.72. The van der Waals surface area contributed by atoms with E-state index in [4.69, 9.17) is 0 Å². The van der Waals surface area contributed by atoms with Crippen molar-refractivity contribution in [3.8, 4) is 0 Å². The standard InChI is InChI=1S/C28H20N4O4/c33-25(21-15-7-9-17-29-21)31-23(19-11-3-1-4-12-19)27(35)32(26(34)22-16-8-10-18-30-22)28(36)24(31)20-13-5-2-6-14-20/h1-18,23-24H. The van der Waals surface area contributed by atoms with Crippen molar-refractivity contribution in [3.63, 3.8) is 0 Å². The normalized spacial score (nSPS) is 17.7. The van der Waals surface area contributed by atoms with Gasteiger partial charge in [-0.3, -0.25) is 29.1 Å². The minimum absolute atomic E-state index is 0.0534. The van der Waals surface area contributed by atoms with Crippen molar-refractivity contribution < 1.29 is 19.2 Å². The fraction of sp³-hybridized carbons (Fsp3) is 0.0714. The molecular formula is C28H20N4O4. The Labute approximate surface area is 206 Å². The second-order valence-electron chi connectivity index (χ2n) is 8.09. The van der Waals surface area contributed by atoms with E-state index in [1.54, 1.807) is 84.9 Å². The number of imide groups is 3. The zero-order chi connectivity index (χ0) is 25.1. The van der Waals surface area contributed by atoms with Crippen LogP contribution >= 0.6 is 0 Å². The molecule has 176 valence electrons. The van der Waals surface area contributed by atoms with Gasteiger partial charge in [-0.25, -0.2) is 4.90 Å². The van der Waals surface area contributed by atoms with Crippen molar-refractivity contribution in [2.45, 2.75) is 12.1 Å². The summed E-state index contributed by atoms with van der Waals surface area (Å²) >= 11 is 0. The first-order valence-electron chi connectivity index (χ1n) is 11.2. The van der Waals surface area contributed by atoms with Gasteiger partial charge in [-0.2, -0.15) is 0 Å². The molecule has 36 heavy (non-hydrogen) atoms. The minimum atomic E-state index is -1.25. The van der Waals surface area contributed by atoms with Crippen LogP contribution in [-0.2, 0) is 9.59 Å². The molecule has 2 atom stereocenters. The zero-order valence-electron chi connectivity index (χ0n) is 19.0. The number of nitrogens with zero attached hydrogens (tertiary/aromatic N) is 4. The molecule has 8 heteroatoms. The number of carbonyl (C=O) groups is 4. The van der Waals surface area contributed by atoms with E-state index in [2.05, 4.69) is 9.97 Å². The topological polar surface area (TPSA) is 101 Å². The van der Waals surface area contributed by atoms with Crippen LogP contribution in [0.3, 0.4) is 0 Å². The van der Waals surface area contributed by atoms with Crippen LogP contribution in [0.25, 0.3) is 0 Å². The zero-order valence-corrected chi connectivity index (χ0v) is 19.0. The Morgan fingerprint density at radius 2 is 0.972 bits per heavy atom. The van der Waals surface area contributed by atoms with Crippen molar-refractivity contribution in [2.75, 3.05) is 0 Å². The van der Waals surface area contributed by atoms with Crippen molar-refractivity contribution >= 4 is 23.6 Å². The molecule has 1 aliphatic heterocycles. The molecule has 4 aromatic rings. The molecule has 0 spiro atoms. The van der Waals surface area contributed by atoms with Crippen LogP contribution in [0.1, 0.15) is 44.2 Å². The monoisotopic (exact) mass is 476 g/mol. The van der Waals surface area contributed by atoms with Crippen LogP contribution in [0.2, 0.25) is 0 Å². The van der Waals surface area contributed by atoms with E-state index < -0.39 is 35.7 Å². The molecule has 0 aliphatic carbocycles. The maximum atomic E-state index is 13.9. The Morgan fingerprint density at radius 1 is 0.556 bits per heavy atom. The van der Waals surface area contributed by atoms with E-state index in [0.29, 0.717) is 16.0 Å². The molecular weight excluding hydrogens is 456 g/mol. The highest BCUT2D eigenvalue weighted by Crippen LogP contribution is 2.39. The number of amides is 4. The minimum Gasteiger partial charge on any atom is -0.305 e. The molecule has 1 saturated heterocycles. The van der Waals surface area contributed by atoms with Crippen molar-refractivity contribution in [1.82, 2.24) is 19.8 Å². The maximum Gasteiger partial charge on any atom is 0.286 e. The molecule has 0 saturated carbocycles. The van der Waals surface area contributed by atoms with Crippen molar-refractivity contribution in [3.05, 3.63) is 132 Å². The first kappa shape index (κ1) is 22.8. The molecule has 1 fully saturated rings. The van der Waals surface area contributed by atoms with Gasteiger partial charge in [0.05, 0.1) is 0 Å². The lowest BCUT2D eigenvalue weighted by atomic mass is 9.92. The second kappa shape index (κ2) is 9.71. The number of rotatable bonds is 4. The fourth-order valence-corrected chi connectivity index (χ4v) is 4.28. The summed E-state index contributed by atoms with van der Waals surface area (Å²) in [5, 5.41) is 0. The third-order valence-corrected chi connectivity index (χ3v) is 5.90. The molecule has 1 aliphatic rings. The van der Waals surface area contributed by atoms with Gasteiger partial charge in [0.1, 0.15) is 23.5 Å². The Morgan fingerprint density at radius 3 is 1.39 bits per heavy atom. The Hall–Kier alpha value is -4.98. The van der Waals surface area contributed by atoms with Crippen molar-refractivity contribution in [1.29, 1.82) is 0 Å². The van der Waals surface area contributed by atoms with Gasteiger partial charge in [-0.15, -0.1) is 0 Å². The van der Waals surface area contributed by atoms with Gasteiger partial charge in [0.2, 0.25) is 0 Å². The van der Waals surface area contributed by atoms with E-state index in [0.717, 1.165) is 0 Å². The van der Waals surface area contributed by atoms with Gasteiger partial charge in [0, 0.05) is 12.4 Å². The number of aromatic nitrogens is 2. The summed E-state index contributed by atoms with van der Waals surface area (Å²) in [4.78, 5) is 65.1. The second-order valence-corrected chi connectivity index (χ2v) is 8.09. The molecule has 2 aromatic carbocycles. The lowest BCUT2D eigenvalue weighted by Gasteiger charge is -2.43. The van der Waals surface area contributed by atoms with Crippen LogP contribution in [0, 0.1) is 0 Å². The van der Waals surface area contributed by atoms with E-state index >= 15 is 0 Å². The van der Waals surface area contributed by atoms with Gasteiger partial charge in [-0.05, 0) is 35.4 Å². The summed E-state index contributed by atoms with van der Waals surface area (Å²) in [5.41, 5.74) is 0.935. The molecule has 2 unspecified atom stereocenters. The quantitative estimate of drug-likeness (QED) is 0.417. The maximum absolute atomic E-state index is 13.9. The molecule has 0 N–H and O–H groups in total. The smallest absolute Gasteiger partial charge is 0.286 e. The number of hydrogen-bond donors (Lipinski definition) is 0. The van der Waals surface area contributed by atoms with Gasteiger partial charge in [0.25, 0.3) is 23.6 Å². The summed E-state index contributed by atoms with van der Waals surface area (Å²) in [6.07, 6.45) is 2.87. The lowest BCUT2D eigenvalue weighted by molar-refractivity contribution is -0.155. The van der Waals surface area contributed by atoms with Crippen LogP contribution in [0.15, 0.2) is 109 Å². The Bertz CT molecular complexity index is 1350. The molecule has 3 heterocycles. The van der Waals surface area contributed by atoms with Gasteiger partial charge < -0.3 is 4.90 Å². The fourth-order valence-electron chi connectivity index (χ4n) is 4.28. The first-order valence-corrected chi connectivity index (χ1v) is 11.2. The van der Waals surface area contributed by atoms with Crippen LogP contribution in [0.4, 0.5) is 0 Å². The average molecular weight is 476 g/mol. The van der Waals surface area contributed by atoms with E-state index in [1.807, 2.05) is 0 Å². The number of pyridine rings is 2. The Kier molecular flexibility index (Phi) is 6.15. The largest absolute Gasteiger partial charge is 0.305 e. The molecule has 4 amide bonds. The molecule has 0 bridgehead atoms. The summed E-state index contributed by atoms with van der Waals surface area (Å²) in [6.45, 7) is 0. The summed E-state index contributed by atoms with van der Waals surface area (Å²) < 4.78 is 0. The highest BCUT2D eigenvalue weighted by molar-refractivity contribution is 6.21.